The highest BCUT2D eigenvalue weighted by Gasteiger charge is 2.61. The van der Waals surface area contributed by atoms with Gasteiger partial charge in [-0.25, -0.2) is 18.4 Å². The average Bonchev–Trinajstić information content (AvgIpc) is 3.08. The maximum absolute atomic E-state index is 14.2. The Bertz CT molecular complexity index is 1230. The summed E-state index contributed by atoms with van der Waals surface area (Å²) in [5, 5.41) is 10.5. The normalized spacial score (nSPS) is 21.3. The smallest absolute Gasteiger partial charge is 0.435 e. The average molecular weight is 441 g/mol. The first-order valence-electron chi connectivity index (χ1n) is 10.3. The van der Waals surface area contributed by atoms with Crippen molar-refractivity contribution < 1.29 is 23.1 Å². The first-order chi connectivity index (χ1) is 15.4. The van der Waals surface area contributed by atoms with Gasteiger partial charge in [0.05, 0.1) is 35.2 Å². The fraction of sp³-hybridized carbons (Fsp3) is 0.318. The number of halogens is 2. The van der Waals surface area contributed by atoms with Crippen molar-refractivity contribution in [2.45, 2.75) is 18.9 Å². The number of rotatable bonds is 4. The Labute approximate surface area is 182 Å². The SMILES string of the molecule is CCOC(=O)n1ncc2c(NC(=O)NC34CC3CN(c3ccc(F)cc3F)C4)cccc21. The van der Waals surface area contributed by atoms with Gasteiger partial charge in [-0.3, -0.25) is 0 Å². The van der Waals surface area contributed by atoms with Crippen LogP contribution >= 0.6 is 0 Å². The molecule has 2 unspecified atom stereocenters. The number of hydrogen-bond acceptors (Lipinski definition) is 5. The maximum Gasteiger partial charge on any atom is 0.435 e. The van der Waals surface area contributed by atoms with Gasteiger partial charge in [0.25, 0.3) is 0 Å². The number of carbonyl (C=O) groups is 2. The molecule has 2 fully saturated rings. The number of amides is 2. The van der Waals surface area contributed by atoms with E-state index in [0.717, 1.165) is 17.2 Å². The number of carbonyl (C=O) groups excluding carboxylic acids is 2. The van der Waals surface area contributed by atoms with E-state index < -0.39 is 29.3 Å². The summed E-state index contributed by atoms with van der Waals surface area (Å²) in [4.78, 5) is 26.6. The molecular formula is C22H21F2N5O3. The fourth-order valence-corrected chi connectivity index (χ4v) is 4.47. The van der Waals surface area contributed by atoms with Crippen LogP contribution in [0.25, 0.3) is 10.9 Å². The monoisotopic (exact) mass is 441 g/mol. The minimum absolute atomic E-state index is 0.194. The van der Waals surface area contributed by atoms with Crippen LogP contribution in [0.15, 0.2) is 42.6 Å². The van der Waals surface area contributed by atoms with Gasteiger partial charge in [-0.2, -0.15) is 9.78 Å². The van der Waals surface area contributed by atoms with E-state index in [2.05, 4.69) is 15.7 Å². The molecule has 2 aliphatic rings. The van der Waals surface area contributed by atoms with Gasteiger partial charge in [0.2, 0.25) is 0 Å². The summed E-state index contributed by atoms with van der Waals surface area (Å²) in [5.74, 6) is -1.04. The third kappa shape index (κ3) is 3.41. The minimum atomic E-state index is -0.622. The van der Waals surface area contributed by atoms with Crippen LogP contribution in [0.2, 0.25) is 0 Å². The van der Waals surface area contributed by atoms with Crippen molar-refractivity contribution in [1.29, 1.82) is 0 Å². The highest BCUT2D eigenvalue weighted by molar-refractivity contribution is 6.02. The van der Waals surface area contributed by atoms with Gasteiger partial charge in [0.1, 0.15) is 11.6 Å². The quantitative estimate of drug-likeness (QED) is 0.644. The van der Waals surface area contributed by atoms with Gasteiger partial charge in [-0.1, -0.05) is 6.07 Å². The van der Waals surface area contributed by atoms with Crippen molar-refractivity contribution in [2.75, 3.05) is 29.9 Å². The second kappa shape index (κ2) is 7.47. The molecule has 0 radical (unpaired) electrons. The van der Waals surface area contributed by atoms with E-state index >= 15 is 0 Å². The zero-order valence-corrected chi connectivity index (χ0v) is 17.3. The van der Waals surface area contributed by atoms with Gasteiger partial charge in [-0.05, 0) is 37.6 Å². The number of nitrogens with one attached hydrogen (secondary N) is 2. The molecule has 1 saturated carbocycles. The highest BCUT2D eigenvalue weighted by Crippen LogP contribution is 2.50. The number of nitrogens with zero attached hydrogens (tertiary/aromatic N) is 3. The summed E-state index contributed by atoms with van der Waals surface area (Å²) in [6.45, 7) is 2.96. The molecule has 1 aliphatic heterocycles. The van der Waals surface area contributed by atoms with Gasteiger partial charge >= 0.3 is 12.1 Å². The van der Waals surface area contributed by atoms with Gasteiger partial charge in [0, 0.05) is 30.5 Å². The number of ether oxygens (including phenoxy) is 1. The van der Waals surface area contributed by atoms with E-state index in [9.17, 15) is 18.4 Å². The van der Waals surface area contributed by atoms with Gasteiger partial charge in [0.15, 0.2) is 0 Å². The first kappa shape index (κ1) is 20.2. The minimum Gasteiger partial charge on any atom is -0.448 e. The number of urea groups is 1. The van der Waals surface area contributed by atoms with E-state index in [-0.39, 0.29) is 12.5 Å². The molecule has 2 N–H and O–H groups in total. The largest absolute Gasteiger partial charge is 0.448 e. The van der Waals surface area contributed by atoms with Crippen molar-refractivity contribution in [3.63, 3.8) is 0 Å². The number of hydrogen-bond donors (Lipinski definition) is 2. The number of fused-ring (bicyclic) bond motifs is 2. The van der Waals surface area contributed by atoms with E-state index in [0.29, 0.717) is 35.4 Å². The Morgan fingerprint density at radius 1 is 1.28 bits per heavy atom. The van der Waals surface area contributed by atoms with E-state index in [1.165, 1.54) is 18.3 Å². The standard InChI is InChI=1S/C22H21F2N5O3/c1-2-32-21(31)29-18-5-3-4-17(15(18)10-25-29)26-20(30)27-22-9-13(22)11-28(12-22)19-7-6-14(23)8-16(19)24/h3-8,10,13H,2,9,11-12H2,1H3,(H2,26,27,30). The molecule has 5 rings (SSSR count). The first-order valence-corrected chi connectivity index (χ1v) is 10.3. The molecule has 2 heterocycles. The lowest BCUT2D eigenvalue weighted by Crippen LogP contribution is -2.44. The Balaban J connectivity index is 1.29. The molecule has 0 bridgehead atoms. The lowest BCUT2D eigenvalue weighted by atomic mass is 10.2. The van der Waals surface area contributed by atoms with Crippen LogP contribution < -0.4 is 15.5 Å². The zero-order chi connectivity index (χ0) is 22.5. The molecule has 3 aromatic rings. The van der Waals surface area contributed by atoms with Crippen molar-refractivity contribution in [2.24, 2.45) is 5.92 Å². The lowest BCUT2D eigenvalue weighted by Gasteiger charge is -2.24. The van der Waals surface area contributed by atoms with Gasteiger partial charge in [-0.15, -0.1) is 0 Å². The Kier molecular flexibility index (Phi) is 4.72. The third-order valence-corrected chi connectivity index (χ3v) is 6.06. The molecule has 1 aromatic heterocycles. The van der Waals surface area contributed by atoms with Crippen LogP contribution in [0.1, 0.15) is 13.3 Å². The molecule has 2 aromatic carbocycles. The van der Waals surface area contributed by atoms with Gasteiger partial charge < -0.3 is 20.3 Å². The van der Waals surface area contributed by atoms with Crippen LogP contribution in [-0.4, -0.2) is 47.1 Å². The molecule has 2 atom stereocenters. The van der Waals surface area contributed by atoms with Crippen molar-refractivity contribution >= 4 is 34.4 Å². The van der Waals surface area contributed by atoms with E-state index in [4.69, 9.17) is 4.74 Å². The van der Waals surface area contributed by atoms with Crippen molar-refractivity contribution in [1.82, 2.24) is 15.1 Å². The van der Waals surface area contributed by atoms with Crippen LogP contribution in [0.4, 0.5) is 29.7 Å². The van der Waals surface area contributed by atoms with Crippen molar-refractivity contribution in [3.8, 4) is 0 Å². The molecule has 32 heavy (non-hydrogen) atoms. The second-order valence-corrected chi connectivity index (χ2v) is 8.11. The predicted octanol–water partition coefficient (Wildman–Crippen LogP) is 3.72. The molecule has 8 nitrogen and oxygen atoms in total. The predicted molar refractivity (Wildman–Crippen MR) is 114 cm³/mol. The Hall–Kier alpha value is -3.69. The summed E-state index contributed by atoms with van der Waals surface area (Å²) < 4.78 is 33.5. The summed E-state index contributed by atoms with van der Waals surface area (Å²) in [7, 11) is 0. The van der Waals surface area contributed by atoms with Crippen LogP contribution in [-0.2, 0) is 4.74 Å². The number of anilines is 2. The number of benzene rings is 2. The molecular weight excluding hydrogens is 420 g/mol. The summed E-state index contributed by atoms with van der Waals surface area (Å²) >= 11 is 0. The van der Waals surface area contributed by atoms with Crippen molar-refractivity contribution in [3.05, 3.63) is 54.2 Å². The summed E-state index contributed by atoms with van der Waals surface area (Å²) in [6.07, 6.45) is 1.70. The van der Waals surface area contributed by atoms with E-state index in [1.54, 1.807) is 25.1 Å². The molecule has 2 amide bonds. The molecule has 1 aliphatic carbocycles. The molecule has 1 saturated heterocycles. The van der Waals surface area contributed by atoms with E-state index in [1.807, 2.05) is 4.90 Å². The van der Waals surface area contributed by atoms with Crippen LogP contribution in [0.3, 0.4) is 0 Å². The second-order valence-electron chi connectivity index (χ2n) is 8.11. The maximum atomic E-state index is 14.2. The summed E-state index contributed by atoms with van der Waals surface area (Å²) in [6, 6.07) is 8.26. The summed E-state index contributed by atoms with van der Waals surface area (Å²) in [5.41, 5.74) is 0.899. The lowest BCUT2D eigenvalue weighted by molar-refractivity contribution is 0.151. The third-order valence-electron chi connectivity index (χ3n) is 6.06. The number of piperidine rings is 1. The Morgan fingerprint density at radius 3 is 2.91 bits per heavy atom. The molecule has 10 heteroatoms. The molecule has 0 spiro atoms. The fourth-order valence-electron chi connectivity index (χ4n) is 4.47. The molecule has 166 valence electrons. The Morgan fingerprint density at radius 2 is 2.12 bits per heavy atom. The highest BCUT2D eigenvalue weighted by atomic mass is 19.1. The van der Waals surface area contributed by atoms with Crippen LogP contribution in [0, 0.1) is 17.6 Å². The topological polar surface area (TPSA) is 88.5 Å². The van der Waals surface area contributed by atoms with Crippen LogP contribution in [0.5, 0.6) is 0 Å². The number of aromatic nitrogens is 2. The zero-order valence-electron chi connectivity index (χ0n) is 17.3.